The van der Waals surface area contributed by atoms with Crippen LogP contribution in [0.2, 0.25) is 6.04 Å². The summed E-state index contributed by atoms with van der Waals surface area (Å²) in [6.07, 6.45) is -0.204. The van der Waals surface area contributed by atoms with Crippen molar-refractivity contribution >= 4 is 90.4 Å². The van der Waals surface area contributed by atoms with Crippen molar-refractivity contribution in [2.75, 3.05) is 32.9 Å². The Morgan fingerprint density at radius 3 is 1.84 bits per heavy atom. The van der Waals surface area contributed by atoms with E-state index in [-0.39, 0.29) is 78.2 Å². The minimum Gasteiger partial charge on any atom is -0.448 e. The molecule has 2 aromatic rings. The van der Waals surface area contributed by atoms with Crippen molar-refractivity contribution in [3.63, 3.8) is 0 Å². The Kier molecular flexibility index (Phi) is 21.6. The molecule has 0 saturated heterocycles. The maximum atomic E-state index is 12.5. The molecule has 1 aromatic carbocycles. The van der Waals surface area contributed by atoms with Crippen LogP contribution < -0.4 is 10.6 Å². The minimum absolute atomic E-state index is 0. The molecular formula is C24H33Cl6N5O6SiZr. The van der Waals surface area contributed by atoms with Gasteiger partial charge in [0.05, 0.1) is 6.54 Å². The first-order valence-corrected chi connectivity index (χ1v) is 16.1. The summed E-state index contributed by atoms with van der Waals surface area (Å²) < 4.78 is 11.7. The van der Waals surface area contributed by atoms with Gasteiger partial charge < -0.3 is 43.9 Å². The molecule has 0 aliphatic heterocycles. The van der Waals surface area contributed by atoms with Crippen LogP contribution in [0.4, 0.5) is 4.79 Å². The summed E-state index contributed by atoms with van der Waals surface area (Å²) in [7, 11) is -3.22. The van der Waals surface area contributed by atoms with Crippen molar-refractivity contribution in [2.24, 2.45) is 0 Å². The fraction of sp³-hybridized carbons (Fsp3) is 0.458. The van der Waals surface area contributed by atoms with Gasteiger partial charge in [-0.1, -0.05) is 81.7 Å². The molecule has 1 heterocycles. The topological polar surface area (TPSA) is 145 Å². The average molecular weight is 820 g/mol. The minimum atomic E-state index is -3.22. The number of hydrogen-bond acceptors (Lipinski definition) is 9. The van der Waals surface area contributed by atoms with Gasteiger partial charge in [0.25, 0.3) is 5.91 Å². The van der Waals surface area contributed by atoms with E-state index in [2.05, 4.69) is 25.6 Å². The monoisotopic (exact) mass is 815 g/mol. The largest absolute Gasteiger partial charge is 2.00 e. The van der Waals surface area contributed by atoms with Crippen molar-refractivity contribution in [1.29, 1.82) is 0 Å². The number of carbonyl (C=O) groups excluding carboxylic acids is 2. The van der Waals surface area contributed by atoms with E-state index in [0.717, 1.165) is 0 Å². The number of ether oxygens (including phenoxy) is 1. The molecule has 19 heteroatoms. The summed E-state index contributed by atoms with van der Waals surface area (Å²) in [6.45, 7) is 4.50. The molecule has 240 valence electrons. The molecule has 2 amide bonds. The SMILES string of the molecule is CCO[Si](O)(CCCNC(=O)OCCNC(=O)c1ccc(-c2nc(C(Cl)(Cl)Cl)nc(C(Cl)(Cl)Cl)n2)cc1)OCC.[CH3-].[CH3-].[Zr+2]. The van der Waals surface area contributed by atoms with Crippen molar-refractivity contribution < 1.29 is 54.2 Å². The van der Waals surface area contributed by atoms with Gasteiger partial charge in [-0.25, -0.2) is 19.7 Å². The Bertz CT molecular complexity index is 1110. The van der Waals surface area contributed by atoms with Gasteiger partial charge in [0, 0.05) is 36.9 Å². The Morgan fingerprint density at radius 2 is 1.37 bits per heavy atom. The second-order valence-corrected chi connectivity index (χ2v) is 14.9. The van der Waals surface area contributed by atoms with E-state index in [1.54, 1.807) is 26.0 Å². The summed E-state index contributed by atoms with van der Waals surface area (Å²) in [5.74, 6) is -0.832. The van der Waals surface area contributed by atoms with E-state index >= 15 is 0 Å². The first-order valence-electron chi connectivity index (χ1n) is 11.9. The van der Waals surface area contributed by atoms with Gasteiger partial charge in [-0.05, 0) is 32.4 Å². The number of amides is 2. The zero-order valence-electron chi connectivity index (χ0n) is 23.9. The maximum absolute atomic E-state index is 12.5. The van der Waals surface area contributed by atoms with Crippen LogP contribution in [0.15, 0.2) is 24.3 Å². The third-order valence-electron chi connectivity index (χ3n) is 4.85. The number of alkyl halides is 6. The van der Waals surface area contributed by atoms with E-state index < -0.39 is 28.4 Å². The van der Waals surface area contributed by atoms with Crippen molar-refractivity contribution in [2.45, 2.75) is 33.9 Å². The second-order valence-electron chi connectivity index (χ2n) is 7.88. The first-order chi connectivity index (χ1) is 18.7. The van der Waals surface area contributed by atoms with Crippen LogP contribution in [0, 0.1) is 14.9 Å². The third-order valence-corrected chi connectivity index (χ3v) is 8.33. The molecular weight excluding hydrogens is 786 g/mol. The van der Waals surface area contributed by atoms with Gasteiger partial charge in [0.1, 0.15) is 6.61 Å². The molecule has 0 unspecified atom stereocenters. The van der Waals surface area contributed by atoms with Crippen molar-refractivity contribution in [3.05, 3.63) is 56.3 Å². The number of hydrogen-bond donors (Lipinski definition) is 3. The number of halogens is 6. The predicted octanol–water partition coefficient (Wildman–Crippen LogP) is 5.94. The fourth-order valence-corrected chi connectivity index (χ4v) is 5.53. The molecule has 11 nitrogen and oxygen atoms in total. The molecule has 0 bridgehead atoms. The quantitative estimate of drug-likeness (QED) is 0.0969. The van der Waals surface area contributed by atoms with Crippen LogP contribution in [-0.2, 0) is 47.4 Å². The number of benzene rings is 1. The number of alkyl carbamates (subject to hydrolysis) is 1. The third kappa shape index (κ3) is 15.7. The number of rotatable bonds is 13. The van der Waals surface area contributed by atoms with Crippen molar-refractivity contribution in [1.82, 2.24) is 25.6 Å². The summed E-state index contributed by atoms with van der Waals surface area (Å²) in [5.41, 5.74) is 0.749. The molecule has 0 aliphatic carbocycles. The van der Waals surface area contributed by atoms with E-state index in [0.29, 0.717) is 36.8 Å². The molecule has 0 spiro atoms. The molecule has 0 aliphatic rings. The molecule has 0 radical (unpaired) electrons. The summed E-state index contributed by atoms with van der Waals surface area (Å²) in [5, 5.41) is 5.20. The summed E-state index contributed by atoms with van der Waals surface area (Å²) >= 11 is 35.4. The number of carbonyl (C=O) groups is 2. The van der Waals surface area contributed by atoms with E-state index in [1.807, 2.05) is 0 Å². The van der Waals surface area contributed by atoms with Gasteiger partial charge in [-0.2, -0.15) is 0 Å². The second kappa shape index (κ2) is 20.7. The van der Waals surface area contributed by atoms with Crippen LogP contribution in [0.25, 0.3) is 11.4 Å². The molecule has 0 atom stereocenters. The van der Waals surface area contributed by atoms with Crippen LogP contribution in [0.3, 0.4) is 0 Å². The van der Waals surface area contributed by atoms with E-state index in [9.17, 15) is 14.4 Å². The number of aromatic nitrogens is 3. The molecule has 2 rings (SSSR count). The standard InChI is InChI=1S/C22H27Cl6N5O6Si.2CH3.Zr/c1-3-38-40(36,39-4-2)13-5-10-30-20(35)37-12-11-29-17(34)15-8-6-14(7-9-15)16-31-18(21(23,24)25)33-19(32-16)22(26,27)28;;;/h6-9,36H,3-5,10-13H2,1-2H3,(H,29,34)(H,30,35);2*1H3;/q;2*-1;+2. The molecule has 1 aromatic heterocycles. The van der Waals surface area contributed by atoms with E-state index in [4.69, 9.17) is 83.2 Å². The normalized spacial score (nSPS) is 11.4. The molecule has 0 saturated carbocycles. The van der Waals surface area contributed by atoms with Gasteiger partial charge in [0.2, 0.25) is 7.59 Å². The zero-order chi connectivity index (χ0) is 30.0. The van der Waals surface area contributed by atoms with E-state index in [1.165, 1.54) is 12.1 Å². The predicted molar refractivity (Wildman–Crippen MR) is 169 cm³/mol. The first kappa shape index (κ1) is 44.8. The molecule has 43 heavy (non-hydrogen) atoms. The Morgan fingerprint density at radius 1 is 0.860 bits per heavy atom. The van der Waals surface area contributed by atoms with Crippen LogP contribution in [0.5, 0.6) is 0 Å². The van der Waals surface area contributed by atoms with Crippen molar-refractivity contribution in [3.8, 4) is 11.4 Å². The van der Waals surface area contributed by atoms with Crippen LogP contribution in [-0.4, -0.2) is 73.5 Å². The maximum Gasteiger partial charge on any atom is 2.00 e. The Hall–Kier alpha value is -0.310. The van der Waals surface area contributed by atoms with Crippen LogP contribution in [0.1, 0.15) is 42.3 Å². The van der Waals surface area contributed by atoms with Crippen LogP contribution >= 0.6 is 69.6 Å². The van der Waals surface area contributed by atoms with Gasteiger partial charge in [-0.3, -0.25) is 4.79 Å². The molecule has 3 N–H and O–H groups in total. The van der Waals surface area contributed by atoms with Gasteiger partial charge >= 0.3 is 41.1 Å². The average Bonchev–Trinajstić information content (AvgIpc) is 2.88. The molecule has 0 fully saturated rings. The smallest absolute Gasteiger partial charge is 0.448 e. The number of nitrogens with one attached hydrogen (secondary N) is 2. The van der Waals surface area contributed by atoms with Gasteiger partial charge in [-0.15, -0.1) is 0 Å². The number of nitrogens with zero attached hydrogens (tertiary/aromatic N) is 3. The Balaban J connectivity index is 0. The summed E-state index contributed by atoms with van der Waals surface area (Å²) in [6, 6.07) is 6.44. The van der Waals surface area contributed by atoms with Gasteiger partial charge in [0.15, 0.2) is 17.5 Å². The zero-order valence-corrected chi connectivity index (χ0v) is 31.9. The Labute approximate surface area is 302 Å². The fourth-order valence-electron chi connectivity index (χ4n) is 3.13. The summed E-state index contributed by atoms with van der Waals surface area (Å²) in [4.78, 5) is 46.8.